The Bertz CT molecular complexity index is 847. The highest BCUT2D eigenvalue weighted by Crippen LogP contribution is 2.16. The number of rotatable bonds is 7. The van der Waals surface area contributed by atoms with Gasteiger partial charge in [-0.25, -0.2) is 9.59 Å². The van der Waals surface area contributed by atoms with Crippen molar-refractivity contribution >= 4 is 17.8 Å². The predicted molar refractivity (Wildman–Crippen MR) is 111 cm³/mol. The highest BCUT2D eigenvalue weighted by molar-refractivity contribution is 6.13. The number of esters is 1. The standard InChI is InChI=1S/C19H19NO3.C3H7NO2/c1-14(2)19(21)23-13-12-15-8-6-7-11-17(15)18(20-22)16-9-4-3-5-10-16;1-2-6-3(4)5/h3-11,22H,1,12-13H2,2H3;2H2,1H3,(H2,4,5). The van der Waals surface area contributed by atoms with E-state index in [2.05, 4.69) is 22.2 Å². The van der Waals surface area contributed by atoms with Crippen LogP contribution in [-0.2, 0) is 20.7 Å². The Labute approximate surface area is 170 Å². The second kappa shape index (κ2) is 12.7. The topological polar surface area (TPSA) is 111 Å². The Balaban J connectivity index is 0.000000612. The van der Waals surface area contributed by atoms with Gasteiger partial charge in [0.1, 0.15) is 5.71 Å². The molecule has 29 heavy (non-hydrogen) atoms. The summed E-state index contributed by atoms with van der Waals surface area (Å²) < 4.78 is 9.32. The summed E-state index contributed by atoms with van der Waals surface area (Å²) in [7, 11) is 0. The number of amides is 1. The molecule has 7 nitrogen and oxygen atoms in total. The highest BCUT2D eigenvalue weighted by atomic mass is 16.5. The molecule has 0 saturated heterocycles. The molecular formula is C22H26N2O5. The van der Waals surface area contributed by atoms with Crippen LogP contribution in [0.25, 0.3) is 0 Å². The van der Waals surface area contributed by atoms with Crippen LogP contribution in [0.3, 0.4) is 0 Å². The van der Waals surface area contributed by atoms with Crippen LogP contribution in [0, 0.1) is 0 Å². The van der Waals surface area contributed by atoms with Crippen LogP contribution >= 0.6 is 0 Å². The lowest BCUT2D eigenvalue weighted by Gasteiger charge is -2.11. The van der Waals surface area contributed by atoms with Gasteiger partial charge in [0, 0.05) is 23.1 Å². The molecular weight excluding hydrogens is 372 g/mol. The number of nitrogens with zero attached hydrogens (tertiary/aromatic N) is 1. The van der Waals surface area contributed by atoms with Crippen LogP contribution in [0.2, 0.25) is 0 Å². The van der Waals surface area contributed by atoms with Crippen molar-refractivity contribution in [3.63, 3.8) is 0 Å². The Hall–Kier alpha value is -3.61. The fraction of sp³-hybridized carbons (Fsp3) is 0.227. The van der Waals surface area contributed by atoms with Crippen LogP contribution in [0.15, 0.2) is 71.9 Å². The van der Waals surface area contributed by atoms with Crippen molar-refractivity contribution in [3.8, 4) is 0 Å². The molecule has 0 aliphatic heterocycles. The zero-order chi connectivity index (χ0) is 21.6. The first-order valence-electron chi connectivity index (χ1n) is 9.01. The largest absolute Gasteiger partial charge is 0.462 e. The number of primary amides is 1. The van der Waals surface area contributed by atoms with Crippen molar-refractivity contribution in [2.75, 3.05) is 13.2 Å². The number of carbonyl (C=O) groups excluding carboxylic acids is 2. The first-order valence-corrected chi connectivity index (χ1v) is 9.01. The number of benzene rings is 2. The maximum Gasteiger partial charge on any atom is 0.404 e. The van der Waals surface area contributed by atoms with Gasteiger partial charge in [0.05, 0.1) is 13.2 Å². The number of nitrogens with two attached hydrogens (primary N) is 1. The maximum absolute atomic E-state index is 11.4. The Kier molecular flexibility index (Phi) is 10.3. The first kappa shape index (κ1) is 23.4. The minimum absolute atomic E-state index is 0.246. The molecule has 154 valence electrons. The smallest absolute Gasteiger partial charge is 0.404 e. The average Bonchev–Trinajstić information content (AvgIpc) is 2.70. The summed E-state index contributed by atoms with van der Waals surface area (Å²) in [6, 6.07) is 17.0. The molecule has 0 aromatic heterocycles. The minimum Gasteiger partial charge on any atom is -0.462 e. The monoisotopic (exact) mass is 398 g/mol. The van der Waals surface area contributed by atoms with E-state index in [0.717, 1.165) is 16.7 Å². The third-order valence-corrected chi connectivity index (χ3v) is 3.66. The zero-order valence-corrected chi connectivity index (χ0v) is 16.6. The second-order valence-corrected chi connectivity index (χ2v) is 5.89. The lowest BCUT2D eigenvalue weighted by molar-refractivity contribution is -0.138. The van der Waals surface area contributed by atoms with Crippen molar-refractivity contribution < 1.29 is 24.3 Å². The van der Waals surface area contributed by atoms with Crippen molar-refractivity contribution in [1.82, 2.24) is 0 Å². The number of hydrogen-bond acceptors (Lipinski definition) is 6. The number of carbonyl (C=O) groups is 2. The van der Waals surface area contributed by atoms with Crippen molar-refractivity contribution in [2.45, 2.75) is 20.3 Å². The lowest BCUT2D eigenvalue weighted by atomic mass is 9.96. The summed E-state index contributed by atoms with van der Waals surface area (Å²) in [4.78, 5) is 21.0. The number of hydrogen-bond donors (Lipinski definition) is 2. The van der Waals surface area contributed by atoms with E-state index in [1.807, 2.05) is 54.6 Å². The Morgan fingerprint density at radius 1 is 1.07 bits per heavy atom. The molecule has 0 spiro atoms. The molecule has 0 unspecified atom stereocenters. The Morgan fingerprint density at radius 2 is 1.69 bits per heavy atom. The van der Waals surface area contributed by atoms with E-state index >= 15 is 0 Å². The average molecular weight is 398 g/mol. The van der Waals surface area contributed by atoms with Gasteiger partial charge in [-0.2, -0.15) is 0 Å². The van der Waals surface area contributed by atoms with Crippen LogP contribution in [0.5, 0.6) is 0 Å². The van der Waals surface area contributed by atoms with Gasteiger partial charge in [0.15, 0.2) is 0 Å². The molecule has 1 amide bonds. The summed E-state index contributed by atoms with van der Waals surface area (Å²) in [6.45, 7) is 7.47. The van der Waals surface area contributed by atoms with Gasteiger partial charge in [-0.1, -0.05) is 66.3 Å². The quantitative estimate of drug-likeness (QED) is 0.243. The van der Waals surface area contributed by atoms with Gasteiger partial charge in [-0.3, -0.25) is 0 Å². The minimum atomic E-state index is -0.711. The molecule has 2 aromatic carbocycles. The third kappa shape index (κ3) is 8.30. The SMILES string of the molecule is C=C(C)C(=O)OCCc1ccccc1C(=NO)c1ccccc1.CCOC(N)=O. The molecule has 0 bridgehead atoms. The maximum atomic E-state index is 11.4. The summed E-state index contributed by atoms with van der Waals surface area (Å²) in [5.74, 6) is -0.401. The molecule has 0 heterocycles. The summed E-state index contributed by atoms with van der Waals surface area (Å²) >= 11 is 0. The van der Waals surface area contributed by atoms with E-state index in [4.69, 9.17) is 4.74 Å². The fourth-order valence-electron chi connectivity index (χ4n) is 2.35. The second-order valence-electron chi connectivity index (χ2n) is 5.89. The van der Waals surface area contributed by atoms with Crippen LogP contribution in [0.1, 0.15) is 30.5 Å². The highest BCUT2D eigenvalue weighted by Gasteiger charge is 2.12. The first-order chi connectivity index (χ1) is 13.9. The van der Waals surface area contributed by atoms with E-state index in [9.17, 15) is 14.8 Å². The lowest BCUT2D eigenvalue weighted by Crippen LogP contribution is -2.11. The van der Waals surface area contributed by atoms with E-state index in [1.165, 1.54) is 0 Å². The number of ether oxygens (including phenoxy) is 2. The molecule has 0 saturated carbocycles. The third-order valence-electron chi connectivity index (χ3n) is 3.66. The molecule has 2 aromatic rings. The normalized spacial score (nSPS) is 10.3. The summed E-state index contributed by atoms with van der Waals surface area (Å²) in [5.41, 5.74) is 7.99. The van der Waals surface area contributed by atoms with Crippen molar-refractivity contribution in [1.29, 1.82) is 0 Å². The molecule has 0 aliphatic carbocycles. The van der Waals surface area contributed by atoms with Gasteiger partial charge < -0.3 is 20.4 Å². The predicted octanol–water partition coefficient (Wildman–Crippen LogP) is 3.68. The number of oxime groups is 1. The molecule has 0 aliphatic rings. The zero-order valence-electron chi connectivity index (χ0n) is 16.6. The van der Waals surface area contributed by atoms with Gasteiger partial charge >= 0.3 is 12.1 Å². The van der Waals surface area contributed by atoms with E-state index in [1.54, 1.807) is 13.8 Å². The Morgan fingerprint density at radius 3 is 2.21 bits per heavy atom. The molecule has 2 rings (SSSR count). The van der Waals surface area contributed by atoms with E-state index in [0.29, 0.717) is 24.3 Å². The fourth-order valence-corrected chi connectivity index (χ4v) is 2.35. The molecule has 0 radical (unpaired) electrons. The van der Waals surface area contributed by atoms with E-state index in [-0.39, 0.29) is 6.61 Å². The summed E-state index contributed by atoms with van der Waals surface area (Å²) in [6.07, 6.45) is -0.182. The van der Waals surface area contributed by atoms with Crippen LogP contribution in [0.4, 0.5) is 4.79 Å². The van der Waals surface area contributed by atoms with Crippen LogP contribution in [-0.4, -0.2) is 36.2 Å². The van der Waals surface area contributed by atoms with E-state index < -0.39 is 12.1 Å². The molecule has 3 N–H and O–H groups in total. The van der Waals surface area contributed by atoms with Gasteiger partial charge in [-0.15, -0.1) is 0 Å². The van der Waals surface area contributed by atoms with Gasteiger partial charge in [-0.05, 0) is 19.4 Å². The van der Waals surface area contributed by atoms with Crippen LogP contribution < -0.4 is 5.73 Å². The van der Waals surface area contributed by atoms with Crippen molar-refractivity contribution in [2.24, 2.45) is 10.9 Å². The van der Waals surface area contributed by atoms with Crippen molar-refractivity contribution in [3.05, 3.63) is 83.4 Å². The summed E-state index contributed by atoms with van der Waals surface area (Å²) in [5, 5.41) is 12.9. The molecule has 7 heteroatoms. The molecule has 0 atom stereocenters. The van der Waals surface area contributed by atoms with Gasteiger partial charge in [0.2, 0.25) is 0 Å². The molecule has 0 fully saturated rings. The van der Waals surface area contributed by atoms with Gasteiger partial charge in [0.25, 0.3) is 0 Å².